The minimum Gasteiger partial charge on any atom is -0.256 e. The van der Waals surface area contributed by atoms with Crippen LogP contribution >= 0.6 is 0 Å². The number of hydrogen-bond donors (Lipinski definition) is 0. The van der Waals surface area contributed by atoms with Gasteiger partial charge < -0.3 is 0 Å². The van der Waals surface area contributed by atoms with Crippen LogP contribution in [0.2, 0.25) is 0 Å². The Morgan fingerprint density at radius 3 is 1.63 bits per heavy atom. The third kappa shape index (κ3) is 4.90. The number of hydrogen-bond acceptors (Lipinski definition) is 1. The van der Waals surface area contributed by atoms with E-state index in [0.29, 0.717) is 5.92 Å². The van der Waals surface area contributed by atoms with Gasteiger partial charge in [-0.15, -0.1) is 0 Å². The highest BCUT2D eigenvalue weighted by Gasteiger charge is 2.19. The first-order chi connectivity index (χ1) is 24.2. The fourth-order valence-corrected chi connectivity index (χ4v) is 7.80. The second kappa shape index (κ2) is 11.9. The smallest absolute Gasteiger partial charge is 0.0708 e. The zero-order chi connectivity index (χ0) is 32.9. The minimum absolute atomic E-state index is 0.451. The molecule has 1 nitrogen and oxygen atoms in total. The first kappa shape index (κ1) is 29.1. The Balaban J connectivity index is 1.21. The van der Waals surface area contributed by atoms with Crippen molar-refractivity contribution in [1.82, 2.24) is 4.98 Å². The van der Waals surface area contributed by atoms with E-state index in [0.717, 1.165) is 22.4 Å². The summed E-state index contributed by atoms with van der Waals surface area (Å²) in [5.41, 5.74) is 10.8. The van der Waals surface area contributed by atoms with Crippen LogP contribution in [0.25, 0.3) is 87.7 Å². The van der Waals surface area contributed by atoms with Crippen LogP contribution in [0.5, 0.6) is 0 Å². The average molecular weight is 626 g/mol. The topological polar surface area (TPSA) is 12.9 Å². The van der Waals surface area contributed by atoms with Gasteiger partial charge in [0.05, 0.1) is 5.69 Å². The van der Waals surface area contributed by atoms with E-state index >= 15 is 0 Å². The maximum atomic E-state index is 4.96. The lowest BCUT2D eigenvalue weighted by Crippen LogP contribution is -1.94. The van der Waals surface area contributed by atoms with Crippen LogP contribution in [0.1, 0.15) is 25.3 Å². The predicted octanol–water partition coefficient (Wildman–Crippen LogP) is 13.5. The van der Waals surface area contributed by atoms with E-state index in [1.807, 2.05) is 6.20 Å². The molecular weight excluding hydrogens is 591 g/mol. The van der Waals surface area contributed by atoms with Gasteiger partial charge in [0.25, 0.3) is 0 Å². The highest BCUT2D eigenvalue weighted by Crippen LogP contribution is 2.46. The number of fused-ring (bicyclic) bond motifs is 4. The van der Waals surface area contributed by atoms with Gasteiger partial charge in [0.2, 0.25) is 0 Å². The maximum Gasteiger partial charge on any atom is 0.0708 e. The largest absolute Gasteiger partial charge is 0.256 e. The van der Waals surface area contributed by atoms with Gasteiger partial charge in [0.1, 0.15) is 0 Å². The molecule has 0 aliphatic heterocycles. The van der Waals surface area contributed by atoms with Crippen molar-refractivity contribution in [3.05, 3.63) is 176 Å². The van der Waals surface area contributed by atoms with E-state index in [-0.39, 0.29) is 0 Å². The van der Waals surface area contributed by atoms with E-state index in [1.165, 1.54) is 70.9 Å². The molecule has 0 fully saturated rings. The summed E-state index contributed by atoms with van der Waals surface area (Å²) in [4.78, 5) is 4.96. The number of aromatic nitrogens is 1. The zero-order valence-corrected chi connectivity index (χ0v) is 27.7. The van der Waals surface area contributed by atoms with Crippen LogP contribution in [0.15, 0.2) is 170 Å². The molecule has 0 N–H and O–H groups in total. The Morgan fingerprint density at radius 1 is 0.388 bits per heavy atom. The molecular formula is C48H35N. The Bertz CT molecular complexity index is 2620. The maximum absolute atomic E-state index is 4.96. The van der Waals surface area contributed by atoms with Crippen molar-refractivity contribution in [2.24, 2.45) is 0 Å². The molecule has 0 saturated carbocycles. The lowest BCUT2D eigenvalue weighted by Gasteiger charge is -2.20. The Morgan fingerprint density at radius 2 is 0.959 bits per heavy atom. The van der Waals surface area contributed by atoms with E-state index in [2.05, 4.69) is 178 Å². The molecule has 0 aliphatic rings. The van der Waals surface area contributed by atoms with Crippen LogP contribution in [-0.4, -0.2) is 4.98 Å². The minimum atomic E-state index is 0.451. The number of pyridine rings is 1. The first-order valence-corrected chi connectivity index (χ1v) is 17.2. The van der Waals surface area contributed by atoms with Gasteiger partial charge in [-0.25, -0.2) is 0 Å². The predicted molar refractivity (Wildman–Crippen MR) is 210 cm³/mol. The summed E-state index contributed by atoms with van der Waals surface area (Å²) < 4.78 is 0. The van der Waals surface area contributed by atoms with Crippen molar-refractivity contribution in [1.29, 1.82) is 0 Å². The molecule has 0 bridgehead atoms. The summed E-state index contributed by atoms with van der Waals surface area (Å²) in [6.07, 6.45) is 2.02. The molecule has 0 atom stereocenters. The highest BCUT2D eigenvalue weighted by atomic mass is 14.7. The van der Waals surface area contributed by atoms with Gasteiger partial charge in [-0.3, -0.25) is 4.98 Å². The standard InChI is InChI=1S/C48H35N/c1-31(2)36-26-27-45(39-19-6-5-18-38(36)39)48-43-22-9-7-20-41(43)47(42-21-8-10-23-44(42)48)34-16-11-15-33(29-34)35-25-28-46(49-30-35)40-24-12-14-32-13-3-4-17-37(32)40/h3-31H,1-2H3. The van der Waals surface area contributed by atoms with Crippen LogP contribution in [0.4, 0.5) is 0 Å². The molecule has 0 radical (unpaired) electrons. The number of rotatable bonds is 5. The number of nitrogens with zero attached hydrogens (tertiary/aromatic N) is 1. The zero-order valence-electron chi connectivity index (χ0n) is 27.7. The van der Waals surface area contributed by atoms with Crippen LogP contribution in [0, 0.1) is 0 Å². The summed E-state index contributed by atoms with van der Waals surface area (Å²) in [6, 6.07) is 59.7. The van der Waals surface area contributed by atoms with Crippen molar-refractivity contribution in [3.8, 4) is 44.6 Å². The second-order valence-electron chi connectivity index (χ2n) is 13.3. The quantitative estimate of drug-likeness (QED) is 0.173. The Kier molecular flexibility index (Phi) is 7.06. The van der Waals surface area contributed by atoms with E-state index in [4.69, 9.17) is 4.98 Å². The fourth-order valence-electron chi connectivity index (χ4n) is 7.80. The molecule has 0 saturated heterocycles. The third-order valence-electron chi connectivity index (χ3n) is 10.1. The molecule has 0 amide bonds. The summed E-state index contributed by atoms with van der Waals surface area (Å²) >= 11 is 0. The van der Waals surface area contributed by atoms with Crippen molar-refractivity contribution in [2.75, 3.05) is 0 Å². The van der Waals surface area contributed by atoms with Crippen LogP contribution < -0.4 is 0 Å². The lowest BCUT2D eigenvalue weighted by molar-refractivity contribution is 0.876. The molecule has 232 valence electrons. The molecule has 9 aromatic rings. The van der Waals surface area contributed by atoms with Crippen LogP contribution in [0.3, 0.4) is 0 Å². The summed E-state index contributed by atoms with van der Waals surface area (Å²) in [5, 5.41) is 10.1. The Labute approximate surface area is 287 Å². The van der Waals surface area contributed by atoms with Gasteiger partial charge in [0.15, 0.2) is 0 Å². The first-order valence-electron chi connectivity index (χ1n) is 17.2. The Hall–Kier alpha value is -6.05. The van der Waals surface area contributed by atoms with Crippen molar-refractivity contribution in [3.63, 3.8) is 0 Å². The molecule has 0 unspecified atom stereocenters. The average Bonchev–Trinajstić information content (AvgIpc) is 3.16. The molecule has 49 heavy (non-hydrogen) atoms. The number of benzene rings is 8. The van der Waals surface area contributed by atoms with E-state index in [9.17, 15) is 0 Å². The molecule has 1 heteroatoms. The van der Waals surface area contributed by atoms with Gasteiger partial charge in [0, 0.05) is 17.3 Å². The third-order valence-corrected chi connectivity index (χ3v) is 10.1. The van der Waals surface area contributed by atoms with Gasteiger partial charge >= 0.3 is 0 Å². The summed E-state index contributed by atoms with van der Waals surface area (Å²) in [5.74, 6) is 0.451. The van der Waals surface area contributed by atoms with Gasteiger partial charge in [-0.2, -0.15) is 0 Å². The normalized spacial score (nSPS) is 11.7. The molecule has 0 spiro atoms. The van der Waals surface area contributed by atoms with Crippen molar-refractivity contribution >= 4 is 43.1 Å². The van der Waals surface area contributed by atoms with Crippen molar-refractivity contribution in [2.45, 2.75) is 19.8 Å². The van der Waals surface area contributed by atoms with Crippen molar-refractivity contribution < 1.29 is 0 Å². The molecule has 8 aromatic carbocycles. The van der Waals surface area contributed by atoms with Gasteiger partial charge in [-0.1, -0.05) is 166 Å². The van der Waals surface area contributed by atoms with Crippen LogP contribution in [-0.2, 0) is 0 Å². The van der Waals surface area contributed by atoms with E-state index < -0.39 is 0 Å². The molecule has 1 heterocycles. The SMILES string of the molecule is CC(C)c1ccc(-c2c3ccccc3c(-c3cccc(-c4ccc(-c5cccc6ccccc56)nc4)c3)c3ccccc23)c2ccccc12. The lowest BCUT2D eigenvalue weighted by atomic mass is 9.83. The van der Waals surface area contributed by atoms with Gasteiger partial charge in [-0.05, 0) is 94.5 Å². The second-order valence-corrected chi connectivity index (χ2v) is 13.3. The molecule has 1 aromatic heterocycles. The summed E-state index contributed by atoms with van der Waals surface area (Å²) in [6.45, 7) is 4.56. The summed E-state index contributed by atoms with van der Waals surface area (Å²) in [7, 11) is 0. The monoisotopic (exact) mass is 625 g/mol. The molecule has 0 aliphatic carbocycles. The van der Waals surface area contributed by atoms with E-state index in [1.54, 1.807) is 0 Å². The highest BCUT2D eigenvalue weighted by molar-refractivity contribution is 6.23. The fraction of sp³-hybridized carbons (Fsp3) is 0.0625. The molecule has 9 rings (SSSR count).